The van der Waals surface area contributed by atoms with E-state index < -0.39 is 32.9 Å². The van der Waals surface area contributed by atoms with Gasteiger partial charge in [0.2, 0.25) is 11.6 Å². The lowest BCUT2D eigenvalue weighted by Gasteiger charge is -2.18. The molecule has 15 heteroatoms. The van der Waals surface area contributed by atoms with Gasteiger partial charge in [-0.2, -0.15) is 0 Å². The topological polar surface area (TPSA) is 164 Å². The maximum Gasteiger partial charge on any atom is 0.695 e. The van der Waals surface area contributed by atoms with Gasteiger partial charge in [-0.25, -0.2) is 9.97 Å². The monoisotopic (exact) mass is 593 g/mol. The molecule has 2 saturated heterocycles. The second kappa shape index (κ2) is 13.6. The Bertz CT molecular complexity index is 1580. The molecule has 2 aliphatic heterocycles. The average molecular weight is 594 g/mol. The third-order valence-electron chi connectivity index (χ3n) is 6.93. The van der Waals surface area contributed by atoms with E-state index in [0.717, 1.165) is 12.8 Å². The summed E-state index contributed by atoms with van der Waals surface area (Å²) in [7, 11) is -2.72. The zero-order valence-electron chi connectivity index (χ0n) is 21.4. The molecule has 0 bridgehead atoms. The van der Waals surface area contributed by atoms with E-state index in [1.807, 2.05) is 13.8 Å². The lowest BCUT2D eigenvalue weighted by atomic mass is 10.1. The summed E-state index contributed by atoms with van der Waals surface area (Å²) in [4.78, 5) is 40.6. The quantitative estimate of drug-likeness (QED) is 0.318. The third-order valence-corrected chi connectivity index (χ3v) is 7.38. The molecule has 0 spiro atoms. The first-order valence-electron chi connectivity index (χ1n) is 12.7. The summed E-state index contributed by atoms with van der Waals surface area (Å²) in [5, 5.41) is 10.0. The molecule has 7 atom stereocenters. The Kier molecular flexibility index (Phi) is 10.7. The summed E-state index contributed by atoms with van der Waals surface area (Å²) in [6.45, 7) is 4.00. The molecule has 0 amide bonds. The molecule has 224 valence electrons. The van der Waals surface area contributed by atoms with Crippen molar-refractivity contribution in [3.05, 3.63) is 70.0 Å². The molecule has 0 aromatic carbocycles. The first-order chi connectivity index (χ1) is 18.8. The van der Waals surface area contributed by atoms with Crippen molar-refractivity contribution in [2.75, 3.05) is 0 Å². The van der Waals surface area contributed by atoms with Crippen molar-refractivity contribution < 1.29 is 28.6 Å². The summed E-state index contributed by atoms with van der Waals surface area (Å²) >= 11 is 0. The number of aliphatic hydroxyl groups excluding tert-OH is 1. The summed E-state index contributed by atoms with van der Waals surface area (Å²) in [6, 6.07) is 2.84. The molecule has 14 nitrogen and oxygen atoms in total. The Morgan fingerprint density at radius 2 is 1.37 bits per heavy atom. The van der Waals surface area contributed by atoms with Crippen molar-refractivity contribution in [3.8, 4) is 0 Å². The molecule has 1 unspecified atom stereocenters. The summed E-state index contributed by atoms with van der Waals surface area (Å²) in [6.07, 6.45) is 9.97. The van der Waals surface area contributed by atoms with Crippen LogP contribution in [0, 0.1) is 0 Å². The number of rotatable bonds is 6. The van der Waals surface area contributed by atoms with Gasteiger partial charge < -0.3 is 14.6 Å². The number of nitrogens with zero attached hydrogens (tertiary/aromatic N) is 6. The van der Waals surface area contributed by atoms with E-state index in [9.17, 15) is 19.3 Å². The van der Waals surface area contributed by atoms with Gasteiger partial charge in [0.05, 0.1) is 12.2 Å². The highest BCUT2D eigenvalue weighted by atomic mass is 31.1. The Hall–Kier alpha value is -3.26. The maximum absolute atomic E-state index is 11.7. The molecule has 2 aliphatic rings. The number of fused-ring (bicyclic) bond motifs is 2. The van der Waals surface area contributed by atoms with E-state index in [1.54, 1.807) is 40.1 Å². The van der Waals surface area contributed by atoms with Gasteiger partial charge in [0.1, 0.15) is 6.10 Å². The second-order valence-electron chi connectivity index (χ2n) is 9.35. The molecule has 2 N–H and O–H groups in total. The van der Waals surface area contributed by atoms with E-state index in [4.69, 9.17) is 18.9 Å². The van der Waals surface area contributed by atoms with Gasteiger partial charge in [0.15, 0.2) is 18.6 Å². The lowest BCUT2D eigenvalue weighted by Crippen LogP contribution is -2.25. The van der Waals surface area contributed by atoms with Crippen LogP contribution in [-0.2, 0) is 18.6 Å². The second-order valence-corrected chi connectivity index (χ2v) is 10.0. The van der Waals surface area contributed by atoms with Crippen molar-refractivity contribution in [1.29, 1.82) is 0 Å². The van der Waals surface area contributed by atoms with Crippen LogP contribution in [0.15, 0.2) is 58.9 Å². The zero-order chi connectivity index (χ0) is 27.7. The maximum atomic E-state index is 11.7. The number of imidazole rings is 2. The van der Waals surface area contributed by atoms with Gasteiger partial charge in [-0.15, -0.1) is 9.42 Å². The lowest BCUT2D eigenvalue weighted by molar-refractivity contribution is -0.0361. The van der Waals surface area contributed by atoms with Crippen LogP contribution in [-0.4, -0.2) is 62.3 Å². The van der Waals surface area contributed by atoms with Gasteiger partial charge >= 0.3 is 8.25 Å². The molecule has 0 aliphatic carbocycles. The smallest absolute Gasteiger partial charge is 0.388 e. The summed E-state index contributed by atoms with van der Waals surface area (Å²) in [5.41, 5.74) is -0.340. The van der Waals surface area contributed by atoms with Crippen LogP contribution >= 0.6 is 8.25 Å². The minimum atomic E-state index is -2.72. The standard InChI is InChI=1S/C12H14N3O5P.C12H15N3O3.2CH4/c1-2-8-7-9(20-21(17)18)11(19-8)15-5-3-10(16)14-6-4-13-12(14)15;1-2-8-7-9(16)11(18-8)15-5-3-10(17)14-6-4-13-12(14)15;;/h3-6,8-9,11H,2,7H2,1H3;3-6,8-9,11,16H,2,7H2,1H3;2*1H4/p+1/t2*8-,9-,11-;;/m11../s1. The van der Waals surface area contributed by atoms with E-state index in [-0.39, 0.29) is 38.2 Å². The zero-order valence-corrected chi connectivity index (χ0v) is 22.3. The molecule has 0 saturated carbocycles. The van der Waals surface area contributed by atoms with Crippen LogP contribution in [0.2, 0.25) is 0 Å². The van der Waals surface area contributed by atoms with Gasteiger partial charge in [0.25, 0.3) is 11.1 Å². The number of aliphatic hydroxyl groups is 1. The van der Waals surface area contributed by atoms with Gasteiger partial charge in [-0.1, -0.05) is 28.7 Å². The van der Waals surface area contributed by atoms with Crippen LogP contribution in [0.4, 0.5) is 0 Å². The molecular weight excluding hydrogens is 555 g/mol. The molecule has 0 radical (unpaired) electrons. The SMILES string of the molecule is C.C.CC[C@@H]1C[C@@H](O)[C@H](n2ccc(=O)n3ccnc23)O1.CC[C@@H]1C[C@@H](O[P+](=O)O)[C@H](n2ccc(=O)n3ccnc23)O1. The Labute approximate surface area is 237 Å². The first kappa shape index (κ1) is 32.3. The fourth-order valence-electron chi connectivity index (χ4n) is 4.97. The van der Waals surface area contributed by atoms with Gasteiger partial charge in [-0.05, 0) is 12.8 Å². The minimum absolute atomic E-state index is 0. The number of hydrogen-bond acceptors (Lipinski definition) is 9. The molecule has 6 heterocycles. The van der Waals surface area contributed by atoms with Crippen LogP contribution < -0.4 is 11.1 Å². The molecule has 4 aromatic heterocycles. The highest BCUT2D eigenvalue weighted by molar-refractivity contribution is 7.32. The van der Waals surface area contributed by atoms with Crippen LogP contribution in [0.5, 0.6) is 0 Å². The van der Waals surface area contributed by atoms with Crippen LogP contribution in [0.25, 0.3) is 11.6 Å². The molecular formula is C26H38N6O8P+. The van der Waals surface area contributed by atoms with E-state index in [0.29, 0.717) is 24.4 Å². The highest BCUT2D eigenvalue weighted by Crippen LogP contribution is 2.37. The molecule has 4 aromatic rings. The molecule has 41 heavy (non-hydrogen) atoms. The van der Waals surface area contributed by atoms with Crippen molar-refractivity contribution in [2.45, 2.75) is 91.3 Å². The van der Waals surface area contributed by atoms with Gasteiger partial charge in [-0.3, -0.25) is 27.5 Å². The van der Waals surface area contributed by atoms with Gasteiger partial charge in [0, 0.05) is 66.7 Å². The number of aromatic nitrogens is 6. The highest BCUT2D eigenvalue weighted by Gasteiger charge is 2.42. The van der Waals surface area contributed by atoms with Crippen molar-refractivity contribution in [2.24, 2.45) is 0 Å². The number of ether oxygens (including phenoxy) is 2. The summed E-state index contributed by atoms with van der Waals surface area (Å²) in [5.74, 6) is 0.898. The Balaban J connectivity index is 0.000000217. The Morgan fingerprint density at radius 1 is 0.878 bits per heavy atom. The minimum Gasteiger partial charge on any atom is -0.388 e. The first-order valence-corrected chi connectivity index (χ1v) is 13.8. The normalized spacial score (nSPS) is 25.8. The fraction of sp³-hybridized carbons (Fsp3) is 0.538. The summed E-state index contributed by atoms with van der Waals surface area (Å²) < 4.78 is 33.9. The van der Waals surface area contributed by atoms with E-state index in [2.05, 4.69) is 9.97 Å². The molecule has 6 rings (SSSR count). The van der Waals surface area contributed by atoms with Crippen molar-refractivity contribution >= 4 is 19.8 Å². The van der Waals surface area contributed by atoms with Crippen LogP contribution in [0.3, 0.4) is 0 Å². The predicted octanol–water partition coefficient (Wildman–Crippen LogP) is 3.06. The third kappa shape index (κ3) is 6.48. The molecule has 2 fully saturated rings. The van der Waals surface area contributed by atoms with E-state index >= 15 is 0 Å². The largest absolute Gasteiger partial charge is 0.695 e. The average Bonchev–Trinajstić information content (AvgIpc) is 3.71. The van der Waals surface area contributed by atoms with Crippen molar-refractivity contribution in [3.63, 3.8) is 0 Å². The number of hydrogen-bond donors (Lipinski definition) is 2. The van der Waals surface area contributed by atoms with E-state index in [1.165, 1.54) is 27.1 Å². The Morgan fingerprint density at radius 3 is 1.85 bits per heavy atom. The predicted molar refractivity (Wildman–Crippen MR) is 151 cm³/mol. The van der Waals surface area contributed by atoms with Crippen molar-refractivity contribution in [1.82, 2.24) is 27.9 Å². The van der Waals surface area contributed by atoms with Crippen LogP contribution in [0.1, 0.15) is 66.8 Å². The fourth-order valence-corrected chi connectivity index (χ4v) is 5.40.